The molecule has 7 nitrogen and oxygen atoms in total. The molecule has 2 unspecified atom stereocenters. The second-order valence-corrected chi connectivity index (χ2v) is 5.93. The summed E-state index contributed by atoms with van der Waals surface area (Å²) >= 11 is 0. The maximum absolute atomic E-state index is 10.0. The number of ether oxygens (including phenoxy) is 1. The van der Waals surface area contributed by atoms with E-state index in [1.807, 2.05) is 42.9 Å². The van der Waals surface area contributed by atoms with Gasteiger partial charge in [-0.25, -0.2) is 0 Å². The van der Waals surface area contributed by atoms with Gasteiger partial charge in [-0.1, -0.05) is 0 Å². The van der Waals surface area contributed by atoms with Crippen molar-refractivity contribution in [2.75, 3.05) is 80.7 Å². The standard InChI is InChI=1S/C14H33N3O4/c1-15(2)9-13(19)11-17(5-7-21-8-6-18)12-14(20)10-16(3)4/h13-14,18-20H,5-12H2,1-4H3. The van der Waals surface area contributed by atoms with Crippen LogP contribution in [0.25, 0.3) is 0 Å². The van der Waals surface area contributed by atoms with E-state index in [-0.39, 0.29) is 6.61 Å². The van der Waals surface area contributed by atoms with Gasteiger partial charge in [0.05, 0.1) is 32.0 Å². The Morgan fingerprint density at radius 2 is 1.29 bits per heavy atom. The van der Waals surface area contributed by atoms with Gasteiger partial charge in [0.15, 0.2) is 0 Å². The highest BCUT2D eigenvalue weighted by molar-refractivity contribution is 4.71. The number of aliphatic hydroxyl groups excluding tert-OH is 3. The summed E-state index contributed by atoms with van der Waals surface area (Å²) in [5, 5.41) is 28.8. The molecule has 0 spiro atoms. The van der Waals surface area contributed by atoms with E-state index >= 15 is 0 Å². The fourth-order valence-electron chi connectivity index (χ4n) is 2.17. The van der Waals surface area contributed by atoms with Crippen LogP contribution in [0.2, 0.25) is 0 Å². The molecule has 0 aliphatic rings. The number of aliphatic hydroxyl groups is 3. The summed E-state index contributed by atoms with van der Waals surface area (Å²) < 4.78 is 5.26. The second kappa shape index (κ2) is 12.3. The predicted molar refractivity (Wildman–Crippen MR) is 83.5 cm³/mol. The molecular formula is C14H33N3O4. The van der Waals surface area contributed by atoms with E-state index in [9.17, 15) is 10.2 Å². The molecule has 0 saturated carbocycles. The van der Waals surface area contributed by atoms with Crippen LogP contribution >= 0.6 is 0 Å². The van der Waals surface area contributed by atoms with Crippen LogP contribution in [0.3, 0.4) is 0 Å². The first kappa shape index (κ1) is 20.7. The lowest BCUT2D eigenvalue weighted by Crippen LogP contribution is -2.44. The fourth-order valence-corrected chi connectivity index (χ4v) is 2.17. The minimum atomic E-state index is -0.468. The minimum absolute atomic E-state index is 0.00646. The number of rotatable bonds is 13. The van der Waals surface area contributed by atoms with E-state index in [0.717, 1.165) is 0 Å². The zero-order valence-corrected chi connectivity index (χ0v) is 13.9. The van der Waals surface area contributed by atoms with Crippen LogP contribution in [-0.4, -0.2) is 123 Å². The number of likely N-dealkylation sites (N-methyl/N-ethyl adjacent to an activating group) is 2. The third-order valence-electron chi connectivity index (χ3n) is 2.88. The number of hydrogen-bond acceptors (Lipinski definition) is 7. The summed E-state index contributed by atoms with van der Waals surface area (Å²) in [5.74, 6) is 0. The summed E-state index contributed by atoms with van der Waals surface area (Å²) in [6, 6.07) is 0. The van der Waals surface area contributed by atoms with Gasteiger partial charge in [0.25, 0.3) is 0 Å². The van der Waals surface area contributed by atoms with Crippen LogP contribution in [-0.2, 0) is 4.74 Å². The van der Waals surface area contributed by atoms with Crippen LogP contribution in [0.5, 0.6) is 0 Å². The molecule has 0 rings (SSSR count). The Bertz CT molecular complexity index is 224. The Morgan fingerprint density at radius 1 is 0.810 bits per heavy atom. The van der Waals surface area contributed by atoms with Gasteiger partial charge < -0.3 is 29.9 Å². The van der Waals surface area contributed by atoms with Gasteiger partial charge in [-0.3, -0.25) is 4.90 Å². The van der Waals surface area contributed by atoms with Crippen LogP contribution in [0.15, 0.2) is 0 Å². The van der Waals surface area contributed by atoms with Crippen molar-refractivity contribution in [3.63, 3.8) is 0 Å². The summed E-state index contributed by atoms with van der Waals surface area (Å²) in [5.41, 5.74) is 0. The van der Waals surface area contributed by atoms with E-state index < -0.39 is 12.2 Å². The average Bonchev–Trinajstić information content (AvgIpc) is 2.32. The average molecular weight is 307 g/mol. The normalized spacial score (nSPS) is 15.1. The third kappa shape index (κ3) is 13.1. The van der Waals surface area contributed by atoms with Crippen LogP contribution in [0.1, 0.15) is 0 Å². The summed E-state index contributed by atoms with van der Waals surface area (Å²) in [7, 11) is 7.66. The van der Waals surface area contributed by atoms with E-state index in [1.54, 1.807) is 0 Å². The summed E-state index contributed by atoms with van der Waals surface area (Å²) in [6.07, 6.45) is -0.936. The van der Waals surface area contributed by atoms with Gasteiger partial charge in [-0.15, -0.1) is 0 Å². The predicted octanol–water partition coefficient (Wildman–Crippen LogP) is -1.86. The number of nitrogens with zero attached hydrogens (tertiary/aromatic N) is 3. The van der Waals surface area contributed by atoms with Gasteiger partial charge in [0, 0.05) is 32.7 Å². The van der Waals surface area contributed by atoms with Crippen molar-refractivity contribution in [3.8, 4) is 0 Å². The van der Waals surface area contributed by atoms with Crippen molar-refractivity contribution in [2.45, 2.75) is 12.2 Å². The Labute approximate surface area is 128 Å². The molecule has 0 aromatic carbocycles. The van der Waals surface area contributed by atoms with Crippen LogP contribution in [0.4, 0.5) is 0 Å². The van der Waals surface area contributed by atoms with Gasteiger partial charge in [0.1, 0.15) is 0 Å². The first-order chi connectivity index (χ1) is 9.85. The van der Waals surface area contributed by atoms with Gasteiger partial charge in [-0.05, 0) is 28.2 Å². The van der Waals surface area contributed by atoms with Crippen molar-refractivity contribution in [1.29, 1.82) is 0 Å². The second-order valence-electron chi connectivity index (χ2n) is 5.93. The van der Waals surface area contributed by atoms with Crippen molar-refractivity contribution in [2.24, 2.45) is 0 Å². The molecule has 0 aliphatic carbocycles. The Balaban J connectivity index is 4.25. The summed E-state index contributed by atoms with van der Waals surface area (Å²) in [6.45, 7) is 3.56. The highest BCUT2D eigenvalue weighted by Crippen LogP contribution is 1.99. The number of hydrogen-bond donors (Lipinski definition) is 3. The molecule has 21 heavy (non-hydrogen) atoms. The third-order valence-corrected chi connectivity index (χ3v) is 2.88. The van der Waals surface area contributed by atoms with E-state index in [0.29, 0.717) is 45.9 Å². The lowest BCUT2D eigenvalue weighted by atomic mass is 10.2. The van der Waals surface area contributed by atoms with Gasteiger partial charge >= 0.3 is 0 Å². The first-order valence-corrected chi connectivity index (χ1v) is 7.41. The molecule has 2 atom stereocenters. The lowest BCUT2D eigenvalue weighted by molar-refractivity contribution is 0.0250. The molecule has 0 heterocycles. The highest BCUT2D eigenvalue weighted by atomic mass is 16.5. The molecule has 7 heteroatoms. The molecule has 128 valence electrons. The Morgan fingerprint density at radius 3 is 1.67 bits per heavy atom. The van der Waals surface area contributed by atoms with Crippen molar-refractivity contribution < 1.29 is 20.1 Å². The van der Waals surface area contributed by atoms with Gasteiger partial charge in [-0.2, -0.15) is 0 Å². The molecule has 0 amide bonds. The van der Waals surface area contributed by atoms with E-state index in [4.69, 9.17) is 9.84 Å². The molecule has 0 aromatic rings. The van der Waals surface area contributed by atoms with Crippen LogP contribution in [0, 0.1) is 0 Å². The minimum Gasteiger partial charge on any atom is -0.394 e. The molecule has 3 N–H and O–H groups in total. The van der Waals surface area contributed by atoms with Crippen molar-refractivity contribution in [3.05, 3.63) is 0 Å². The maximum atomic E-state index is 10.0. The molecule has 0 bridgehead atoms. The Hall–Kier alpha value is -0.280. The van der Waals surface area contributed by atoms with Crippen LogP contribution < -0.4 is 0 Å². The fraction of sp³-hybridized carbons (Fsp3) is 1.00. The largest absolute Gasteiger partial charge is 0.394 e. The SMILES string of the molecule is CN(C)CC(O)CN(CCOCCO)CC(O)CN(C)C. The molecule has 0 aliphatic heterocycles. The molecule has 0 saturated heterocycles. The van der Waals surface area contributed by atoms with Crippen molar-refractivity contribution in [1.82, 2.24) is 14.7 Å². The lowest BCUT2D eigenvalue weighted by Gasteiger charge is -2.29. The first-order valence-electron chi connectivity index (χ1n) is 7.41. The quantitative estimate of drug-likeness (QED) is 0.344. The Kier molecular flexibility index (Phi) is 12.1. The maximum Gasteiger partial charge on any atom is 0.0793 e. The molecular weight excluding hydrogens is 274 g/mol. The highest BCUT2D eigenvalue weighted by Gasteiger charge is 2.16. The van der Waals surface area contributed by atoms with E-state index in [2.05, 4.69) is 0 Å². The molecule has 0 aromatic heterocycles. The van der Waals surface area contributed by atoms with E-state index in [1.165, 1.54) is 0 Å². The monoisotopic (exact) mass is 307 g/mol. The smallest absolute Gasteiger partial charge is 0.0793 e. The zero-order valence-electron chi connectivity index (χ0n) is 13.9. The zero-order chi connectivity index (χ0) is 16.3. The summed E-state index contributed by atoms with van der Waals surface area (Å²) in [4.78, 5) is 5.86. The molecule has 0 radical (unpaired) electrons. The van der Waals surface area contributed by atoms with Gasteiger partial charge in [0.2, 0.25) is 0 Å². The molecule has 0 fully saturated rings. The topological polar surface area (TPSA) is 79.6 Å². The van der Waals surface area contributed by atoms with Crippen molar-refractivity contribution >= 4 is 0 Å².